The van der Waals surface area contributed by atoms with Crippen molar-refractivity contribution in [2.75, 3.05) is 19.6 Å². The number of hydrogen-bond donors (Lipinski definition) is 8. The molecule has 0 unspecified atom stereocenters. The number of aliphatic carboxylic acids is 3. The van der Waals surface area contributed by atoms with Crippen LogP contribution in [0.1, 0.15) is 70.3 Å². The van der Waals surface area contributed by atoms with E-state index in [-0.39, 0.29) is 43.7 Å². The van der Waals surface area contributed by atoms with Gasteiger partial charge in [0.2, 0.25) is 11.8 Å². The monoisotopic (exact) mass is 671 g/mol. The highest BCUT2D eigenvalue weighted by atomic mass is 16.4. The second-order valence-electron chi connectivity index (χ2n) is 11.9. The summed E-state index contributed by atoms with van der Waals surface area (Å²) in [7, 11) is 0. The average Bonchev–Trinajstić information content (AvgIpc) is 3.08. The molecule has 0 aromatic heterocycles. The Kier molecular flexibility index (Phi) is 17.4. The van der Waals surface area contributed by atoms with Crippen LogP contribution in [-0.2, 0) is 30.4 Å². The number of amides is 4. The lowest BCUT2D eigenvalue weighted by atomic mass is 9.81. The lowest BCUT2D eigenvalue weighted by Crippen LogP contribution is -2.51. The van der Waals surface area contributed by atoms with E-state index < -0.39 is 42.4 Å². The molecule has 1 aliphatic carbocycles. The Morgan fingerprint density at radius 1 is 0.812 bits per heavy atom. The second kappa shape index (κ2) is 21.2. The number of benzene rings is 2. The van der Waals surface area contributed by atoms with Crippen molar-refractivity contribution in [3.8, 4) is 0 Å². The topological polar surface area (TPSA) is 237 Å². The van der Waals surface area contributed by atoms with Crippen LogP contribution in [0.15, 0.2) is 42.5 Å². The van der Waals surface area contributed by atoms with E-state index in [1.54, 1.807) is 0 Å². The van der Waals surface area contributed by atoms with Gasteiger partial charge in [-0.25, -0.2) is 14.4 Å². The number of carbonyl (C=O) groups is 6. The van der Waals surface area contributed by atoms with Crippen molar-refractivity contribution in [3.05, 3.63) is 48.0 Å². The van der Waals surface area contributed by atoms with Crippen LogP contribution >= 0.6 is 0 Å². The molecular formula is C34H49N5O9. The van der Waals surface area contributed by atoms with Crippen molar-refractivity contribution in [1.82, 2.24) is 21.3 Å². The molecule has 0 aliphatic heterocycles. The minimum Gasteiger partial charge on any atom is -0.481 e. The van der Waals surface area contributed by atoms with Gasteiger partial charge >= 0.3 is 23.9 Å². The van der Waals surface area contributed by atoms with E-state index >= 15 is 0 Å². The third-order valence-corrected chi connectivity index (χ3v) is 8.29. The minimum absolute atomic E-state index is 0.0215. The third kappa shape index (κ3) is 14.8. The van der Waals surface area contributed by atoms with Crippen LogP contribution in [0.3, 0.4) is 0 Å². The van der Waals surface area contributed by atoms with Crippen LogP contribution in [0.25, 0.3) is 10.8 Å². The number of fused-ring (bicyclic) bond motifs is 1. The highest BCUT2D eigenvalue weighted by Gasteiger charge is 2.26. The molecule has 0 heterocycles. The lowest BCUT2D eigenvalue weighted by molar-refractivity contribution is -0.141. The number of nitrogens with one attached hydrogen (secondary N) is 4. The summed E-state index contributed by atoms with van der Waals surface area (Å²) >= 11 is 0. The Morgan fingerprint density at radius 2 is 1.44 bits per heavy atom. The van der Waals surface area contributed by atoms with Crippen molar-refractivity contribution < 1.29 is 44.1 Å². The molecule has 0 radical (unpaired) electrons. The summed E-state index contributed by atoms with van der Waals surface area (Å²) in [6.45, 7) is 2.89. The second-order valence-corrected chi connectivity index (χ2v) is 11.9. The summed E-state index contributed by atoms with van der Waals surface area (Å²) in [6.07, 6.45) is 4.35. The molecule has 2 atom stereocenters. The normalized spacial score (nSPS) is 16.7. The number of carbonyl (C=O) groups excluding carboxylic acids is 3. The molecule has 264 valence electrons. The maximum Gasteiger partial charge on any atom is 0.326 e. The molecule has 1 aliphatic rings. The zero-order valence-electron chi connectivity index (χ0n) is 27.4. The summed E-state index contributed by atoms with van der Waals surface area (Å²) in [5, 5.41) is 39.1. The molecule has 2 aromatic rings. The van der Waals surface area contributed by atoms with Gasteiger partial charge in [-0.3, -0.25) is 14.4 Å². The zero-order valence-corrected chi connectivity index (χ0v) is 27.4. The first-order valence-corrected chi connectivity index (χ1v) is 16.4. The molecular weight excluding hydrogens is 622 g/mol. The molecule has 14 heteroatoms. The molecule has 1 fully saturated rings. The maximum atomic E-state index is 12.2. The summed E-state index contributed by atoms with van der Waals surface area (Å²) in [5.41, 5.74) is 7.06. The largest absolute Gasteiger partial charge is 0.481 e. The number of carboxylic acids is 3. The number of aryl methyl sites for hydroxylation is 1. The average molecular weight is 672 g/mol. The van der Waals surface area contributed by atoms with E-state index in [1.807, 2.05) is 0 Å². The third-order valence-electron chi connectivity index (χ3n) is 8.29. The standard InChI is InChI=1S/C22H37N5O9.C12H12/c23-11-13-4-6-14(7-5-13)19(31)25-12-17(28)24-10-2-1-3-15(20(32)33)26-22(36)27-16(21(34)35)8-9-18(29)30;1-2-10-7-8-11-5-3-4-6-12(11)9-10/h13-16H,1-12,23H2,(H,24,28)(H,25,31)(H,29,30)(H,32,33)(H,34,35)(H2,26,27,36);3-9H,2H2,1H3/t13?,14?,15-,16-;/m0./s1. The van der Waals surface area contributed by atoms with Crippen molar-refractivity contribution in [3.63, 3.8) is 0 Å². The van der Waals surface area contributed by atoms with E-state index in [2.05, 4.69) is 70.7 Å². The van der Waals surface area contributed by atoms with E-state index in [0.717, 1.165) is 32.1 Å². The number of nitrogens with two attached hydrogens (primary N) is 1. The van der Waals surface area contributed by atoms with Gasteiger partial charge in [0, 0.05) is 18.9 Å². The van der Waals surface area contributed by atoms with Gasteiger partial charge in [-0.2, -0.15) is 0 Å². The Bertz CT molecular complexity index is 1380. The number of urea groups is 1. The Hall–Kier alpha value is -4.72. The summed E-state index contributed by atoms with van der Waals surface area (Å²) in [4.78, 5) is 69.3. The molecule has 3 rings (SSSR count). The van der Waals surface area contributed by atoms with E-state index in [1.165, 1.54) is 16.3 Å². The van der Waals surface area contributed by atoms with Gasteiger partial charge in [0.05, 0.1) is 6.54 Å². The van der Waals surface area contributed by atoms with Gasteiger partial charge < -0.3 is 42.3 Å². The van der Waals surface area contributed by atoms with Gasteiger partial charge in [0.25, 0.3) is 0 Å². The van der Waals surface area contributed by atoms with Gasteiger partial charge in [-0.1, -0.05) is 49.4 Å². The van der Waals surface area contributed by atoms with Gasteiger partial charge in [-0.15, -0.1) is 0 Å². The molecule has 48 heavy (non-hydrogen) atoms. The number of rotatable bonds is 17. The van der Waals surface area contributed by atoms with Crippen molar-refractivity contribution >= 4 is 46.5 Å². The van der Waals surface area contributed by atoms with Crippen LogP contribution in [0.4, 0.5) is 4.79 Å². The summed E-state index contributed by atoms with van der Waals surface area (Å²) in [5.74, 6) is -4.17. The Morgan fingerprint density at radius 3 is 2.02 bits per heavy atom. The number of hydrogen-bond acceptors (Lipinski definition) is 7. The molecule has 9 N–H and O–H groups in total. The van der Waals surface area contributed by atoms with Crippen LogP contribution in [0.2, 0.25) is 0 Å². The van der Waals surface area contributed by atoms with Gasteiger partial charge in [0.1, 0.15) is 12.1 Å². The van der Waals surface area contributed by atoms with E-state index in [4.69, 9.17) is 15.9 Å². The van der Waals surface area contributed by atoms with Crippen LogP contribution in [0, 0.1) is 11.8 Å². The van der Waals surface area contributed by atoms with Crippen LogP contribution in [-0.4, -0.2) is 82.8 Å². The van der Waals surface area contributed by atoms with E-state index in [0.29, 0.717) is 25.3 Å². The van der Waals surface area contributed by atoms with Crippen LogP contribution in [0.5, 0.6) is 0 Å². The van der Waals surface area contributed by atoms with E-state index in [9.17, 15) is 33.9 Å². The van der Waals surface area contributed by atoms with Crippen molar-refractivity contribution in [2.24, 2.45) is 17.6 Å². The smallest absolute Gasteiger partial charge is 0.326 e. The van der Waals surface area contributed by atoms with Gasteiger partial charge in [0.15, 0.2) is 0 Å². The summed E-state index contributed by atoms with van der Waals surface area (Å²) < 4.78 is 0. The quantitative estimate of drug-likeness (QED) is 0.114. The van der Waals surface area contributed by atoms with Crippen LogP contribution < -0.4 is 27.0 Å². The SMILES string of the molecule is CCc1ccc2ccccc2c1.NCC1CCC(C(=O)NCC(=O)NCCCC[C@H](NC(=O)N[C@@H](CCC(=O)O)C(=O)O)C(=O)O)CC1. The molecule has 1 saturated carbocycles. The molecule has 14 nitrogen and oxygen atoms in total. The molecule has 0 bridgehead atoms. The maximum absolute atomic E-state index is 12.2. The first-order valence-electron chi connectivity index (χ1n) is 16.4. The highest BCUT2D eigenvalue weighted by Crippen LogP contribution is 2.28. The fraction of sp³-hybridized carbons (Fsp3) is 0.529. The fourth-order valence-corrected chi connectivity index (χ4v) is 5.34. The van der Waals surface area contributed by atoms with Gasteiger partial charge in [-0.05, 0) is 86.6 Å². The highest BCUT2D eigenvalue weighted by molar-refractivity contribution is 5.87. The van der Waals surface area contributed by atoms with Crippen molar-refractivity contribution in [2.45, 2.75) is 83.2 Å². The van der Waals surface area contributed by atoms with Crippen molar-refractivity contribution in [1.29, 1.82) is 0 Å². The number of unbranched alkanes of at least 4 members (excludes halogenated alkanes) is 1. The Balaban J connectivity index is 0.000000549. The molecule has 0 saturated heterocycles. The molecule has 0 spiro atoms. The fourth-order valence-electron chi connectivity index (χ4n) is 5.34. The first-order chi connectivity index (χ1) is 22.9. The predicted molar refractivity (Wildman–Crippen MR) is 179 cm³/mol. The molecule has 2 aromatic carbocycles. The lowest BCUT2D eigenvalue weighted by Gasteiger charge is -2.26. The number of carboxylic acid groups (broad SMARTS) is 3. The summed E-state index contributed by atoms with van der Waals surface area (Å²) in [6, 6.07) is 11.3. The molecule has 4 amide bonds. The first kappa shape index (κ1) is 39.5. The predicted octanol–water partition coefficient (Wildman–Crippen LogP) is 2.63. The minimum atomic E-state index is -1.48. The Labute approximate surface area is 280 Å². The zero-order chi connectivity index (χ0) is 35.5.